The van der Waals surface area contributed by atoms with Gasteiger partial charge in [-0.3, -0.25) is 9.88 Å². The molecule has 18 heavy (non-hydrogen) atoms. The normalized spacial score (nSPS) is 16.9. The van der Waals surface area contributed by atoms with Crippen molar-refractivity contribution in [2.24, 2.45) is 0 Å². The maximum Gasteiger partial charge on any atom is 0.0594 e. The Hall–Kier alpha value is -0.680. The summed E-state index contributed by atoms with van der Waals surface area (Å²) >= 11 is 5.78. The Bertz CT molecular complexity index is 339. The Morgan fingerprint density at radius 3 is 2.89 bits per heavy atom. The van der Waals surface area contributed by atoms with Crippen LogP contribution in [0.25, 0.3) is 0 Å². The van der Waals surface area contributed by atoms with Gasteiger partial charge in [-0.2, -0.15) is 0 Å². The Labute approximate surface area is 113 Å². The van der Waals surface area contributed by atoms with Crippen molar-refractivity contribution >= 4 is 11.6 Å². The van der Waals surface area contributed by atoms with Crippen LogP contribution in [0.15, 0.2) is 18.3 Å². The molecular formula is C13H20ClN3O. The van der Waals surface area contributed by atoms with E-state index in [1.165, 1.54) is 0 Å². The Morgan fingerprint density at radius 1 is 1.33 bits per heavy atom. The molecule has 1 saturated heterocycles. The predicted molar refractivity (Wildman–Crippen MR) is 72.8 cm³/mol. The van der Waals surface area contributed by atoms with Gasteiger partial charge in [-0.15, -0.1) is 0 Å². The molecule has 1 aromatic heterocycles. The van der Waals surface area contributed by atoms with Gasteiger partial charge in [0.2, 0.25) is 0 Å². The quantitative estimate of drug-likeness (QED) is 0.795. The van der Waals surface area contributed by atoms with E-state index in [-0.39, 0.29) is 0 Å². The van der Waals surface area contributed by atoms with Crippen molar-refractivity contribution in [1.29, 1.82) is 0 Å². The molecule has 1 N–H and O–H groups in total. The molecule has 1 aliphatic rings. The third-order valence-corrected chi connectivity index (χ3v) is 3.25. The highest BCUT2D eigenvalue weighted by Gasteiger charge is 2.08. The maximum atomic E-state index is 5.78. The van der Waals surface area contributed by atoms with Gasteiger partial charge in [-0.25, -0.2) is 0 Å². The zero-order chi connectivity index (χ0) is 12.6. The van der Waals surface area contributed by atoms with Gasteiger partial charge in [-0.05, 0) is 31.6 Å². The number of rotatable bonds is 6. The van der Waals surface area contributed by atoms with Crippen LogP contribution in [0.1, 0.15) is 12.1 Å². The minimum atomic E-state index is 0.686. The highest BCUT2D eigenvalue weighted by Crippen LogP contribution is 2.05. The van der Waals surface area contributed by atoms with Gasteiger partial charge in [-0.1, -0.05) is 11.6 Å². The number of aromatic nitrogens is 1. The first kappa shape index (κ1) is 13.7. The van der Waals surface area contributed by atoms with Crippen molar-refractivity contribution in [3.8, 4) is 0 Å². The molecule has 2 heterocycles. The van der Waals surface area contributed by atoms with Crippen molar-refractivity contribution in [3.05, 3.63) is 29.0 Å². The highest BCUT2D eigenvalue weighted by atomic mass is 35.5. The molecule has 0 spiro atoms. The summed E-state index contributed by atoms with van der Waals surface area (Å²) in [4.78, 5) is 6.69. The second kappa shape index (κ2) is 7.69. The van der Waals surface area contributed by atoms with Gasteiger partial charge >= 0.3 is 0 Å². The van der Waals surface area contributed by atoms with Crippen molar-refractivity contribution in [2.75, 3.05) is 39.4 Å². The lowest BCUT2D eigenvalue weighted by molar-refractivity contribution is 0.0374. The van der Waals surface area contributed by atoms with E-state index >= 15 is 0 Å². The molecule has 2 rings (SSSR count). The average Bonchev–Trinajstić information content (AvgIpc) is 2.42. The average molecular weight is 270 g/mol. The van der Waals surface area contributed by atoms with Crippen LogP contribution in [-0.4, -0.2) is 49.3 Å². The van der Waals surface area contributed by atoms with E-state index in [2.05, 4.69) is 15.2 Å². The van der Waals surface area contributed by atoms with Crippen LogP contribution < -0.4 is 5.32 Å². The highest BCUT2D eigenvalue weighted by molar-refractivity contribution is 6.30. The number of nitrogens with one attached hydrogen (secondary N) is 1. The van der Waals surface area contributed by atoms with Crippen LogP contribution in [0.2, 0.25) is 5.02 Å². The molecule has 0 aromatic carbocycles. The summed E-state index contributed by atoms with van der Waals surface area (Å²) in [5, 5.41) is 4.08. The fraction of sp³-hybridized carbons (Fsp3) is 0.615. The van der Waals surface area contributed by atoms with Crippen molar-refractivity contribution in [2.45, 2.75) is 13.0 Å². The van der Waals surface area contributed by atoms with Gasteiger partial charge in [0, 0.05) is 25.8 Å². The van der Waals surface area contributed by atoms with E-state index < -0.39 is 0 Å². The second-order valence-electron chi connectivity index (χ2n) is 4.45. The Kier molecular flexibility index (Phi) is 5.87. The van der Waals surface area contributed by atoms with Crippen molar-refractivity contribution < 1.29 is 4.74 Å². The molecule has 0 aliphatic carbocycles. The molecule has 4 nitrogen and oxygen atoms in total. The number of halogens is 1. The van der Waals surface area contributed by atoms with Crippen LogP contribution in [0.3, 0.4) is 0 Å². The topological polar surface area (TPSA) is 37.4 Å². The van der Waals surface area contributed by atoms with Gasteiger partial charge in [0.15, 0.2) is 0 Å². The van der Waals surface area contributed by atoms with E-state index in [1.54, 1.807) is 6.20 Å². The number of hydrogen-bond donors (Lipinski definition) is 1. The largest absolute Gasteiger partial charge is 0.379 e. The zero-order valence-electron chi connectivity index (χ0n) is 10.6. The first-order chi connectivity index (χ1) is 8.84. The maximum absolute atomic E-state index is 5.78. The first-order valence-corrected chi connectivity index (χ1v) is 6.83. The Balaban J connectivity index is 1.54. The smallest absolute Gasteiger partial charge is 0.0594 e. The number of pyridine rings is 1. The van der Waals surface area contributed by atoms with E-state index in [1.807, 2.05) is 12.1 Å². The molecule has 0 unspecified atom stereocenters. The Morgan fingerprint density at radius 2 is 2.17 bits per heavy atom. The lowest BCUT2D eigenvalue weighted by Gasteiger charge is -2.26. The molecule has 1 aromatic rings. The molecule has 0 radical (unpaired) electrons. The summed E-state index contributed by atoms with van der Waals surface area (Å²) in [5.74, 6) is 0. The van der Waals surface area contributed by atoms with E-state index in [9.17, 15) is 0 Å². The minimum absolute atomic E-state index is 0.686. The molecular weight excluding hydrogens is 250 g/mol. The second-order valence-corrected chi connectivity index (χ2v) is 4.89. The summed E-state index contributed by atoms with van der Waals surface area (Å²) in [6.45, 7) is 6.86. The van der Waals surface area contributed by atoms with Gasteiger partial charge in [0.1, 0.15) is 0 Å². The van der Waals surface area contributed by atoms with Gasteiger partial charge in [0.05, 0.1) is 23.9 Å². The van der Waals surface area contributed by atoms with Gasteiger partial charge < -0.3 is 10.1 Å². The van der Waals surface area contributed by atoms with Crippen molar-refractivity contribution in [1.82, 2.24) is 15.2 Å². The molecule has 100 valence electrons. The number of ether oxygens (including phenoxy) is 1. The fourth-order valence-electron chi connectivity index (χ4n) is 1.98. The molecule has 0 amide bonds. The summed E-state index contributed by atoms with van der Waals surface area (Å²) in [7, 11) is 0. The molecule has 0 saturated carbocycles. The summed E-state index contributed by atoms with van der Waals surface area (Å²) < 4.78 is 5.32. The summed E-state index contributed by atoms with van der Waals surface area (Å²) in [6, 6.07) is 3.83. The summed E-state index contributed by atoms with van der Waals surface area (Å²) in [6.07, 6.45) is 2.85. The van der Waals surface area contributed by atoms with Crippen LogP contribution in [0, 0.1) is 0 Å². The molecule has 1 fully saturated rings. The lowest BCUT2D eigenvalue weighted by Crippen LogP contribution is -2.37. The monoisotopic (exact) mass is 269 g/mol. The van der Waals surface area contributed by atoms with E-state index in [0.29, 0.717) is 5.02 Å². The number of morpholine rings is 1. The van der Waals surface area contributed by atoms with Crippen LogP contribution in [0.4, 0.5) is 0 Å². The van der Waals surface area contributed by atoms with E-state index in [4.69, 9.17) is 16.3 Å². The van der Waals surface area contributed by atoms with E-state index in [0.717, 1.165) is 58.1 Å². The predicted octanol–water partition coefficient (Wildman–Crippen LogP) is 1.55. The standard InChI is InChI=1S/C13H20ClN3O/c14-12-2-3-13(16-10-12)11-15-4-1-5-17-6-8-18-9-7-17/h2-3,10,15H,1,4-9,11H2. The molecule has 0 atom stereocenters. The molecule has 1 aliphatic heterocycles. The molecule has 0 bridgehead atoms. The van der Waals surface area contributed by atoms with Crippen LogP contribution >= 0.6 is 11.6 Å². The SMILES string of the molecule is Clc1ccc(CNCCCN2CCOCC2)nc1. The summed E-state index contributed by atoms with van der Waals surface area (Å²) in [5.41, 5.74) is 1.03. The third-order valence-electron chi connectivity index (χ3n) is 3.03. The van der Waals surface area contributed by atoms with Crippen LogP contribution in [0.5, 0.6) is 0 Å². The van der Waals surface area contributed by atoms with Crippen LogP contribution in [-0.2, 0) is 11.3 Å². The molecule has 5 heteroatoms. The third kappa shape index (κ3) is 4.90. The fourth-order valence-corrected chi connectivity index (χ4v) is 2.09. The minimum Gasteiger partial charge on any atom is -0.379 e. The van der Waals surface area contributed by atoms with Gasteiger partial charge in [0.25, 0.3) is 0 Å². The lowest BCUT2D eigenvalue weighted by atomic mass is 10.3. The number of hydrogen-bond acceptors (Lipinski definition) is 4. The zero-order valence-corrected chi connectivity index (χ0v) is 11.3. The van der Waals surface area contributed by atoms with Crippen molar-refractivity contribution in [3.63, 3.8) is 0 Å². The first-order valence-electron chi connectivity index (χ1n) is 6.46. The number of nitrogens with zero attached hydrogens (tertiary/aromatic N) is 2.